The number of carbonyl (C=O) groups excluding carboxylic acids is 1. The van der Waals surface area contributed by atoms with Crippen LogP contribution in [0.15, 0.2) is 30.5 Å². The lowest BCUT2D eigenvalue weighted by Crippen LogP contribution is -2.32. The Bertz CT molecular complexity index is 809. The predicted molar refractivity (Wildman–Crippen MR) is 102 cm³/mol. The summed E-state index contributed by atoms with van der Waals surface area (Å²) in [6, 6.07) is 6.98. The van der Waals surface area contributed by atoms with Crippen molar-refractivity contribution in [3.8, 4) is 11.5 Å². The summed E-state index contributed by atoms with van der Waals surface area (Å²) < 4.78 is 10.5. The van der Waals surface area contributed by atoms with E-state index in [0.29, 0.717) is 36.1 Å². The van der Waals surface area contributed by atoms with Crippen LogP contribution in [-0.4, -0.2) is 49.2 Å². The van der Waals surface area contributed by atoms with Crippen LogP contribution in [0.2, 0.25) is 0 Å². The van der Waals surface area contributed by atoms with Crippen LogP contribution >= 0.6 is 0 Å². The second-order valence-corrected chi connectivity index (χ2v) is 6.37. The molecule has 1 saturated heterocycles. The van der Waals surface area contributed by atoms with Crippen molar-refractivity contribution in [2.45, 2.75) is 12.8 Å². The number of hydrogen-bond acceptors (Lipinski definition) is 7. The lowest BCUT2D eigenvalue weighted by molar-refractivity contribution is 0.174. The van der Waals surface area contributed by atoms with Crippen LogP contribution in [0, 0.1) is 0 Å². The number of amides is 2. The summed E-state index contributed by atoms with van der Waals surface area (Å²) in [7, 11) is 0. The Kier molecular flexibility index (Phi) is 5.08. The smallest absolute Gasteiger partial charge is 0.319 e. The third-order valence-electron chi connectivity index (χ3n) is 4.46. The highest BCUT2D eigenvalue weighted by Gasteiger charge is 2.14. The number of aromatic nitrogens is 2. The SMILES string of the molecule is O=C(NCCNc1cc(N2CCCC2)cnn1)Nc1ccc2c(c1)OCO2. The van der Waals surface area contributed by atoms with Crippen molar-refractivity contribution < 1.29 is 14.3 Å². The number of nitrogens with zero attached hydrogens (tertiary/aromatic N) is 3. The molecule has 0 aliphatic carbocycles. The summed E-state index contributed by atoms with van der Waals surface area (Å²) in [4.78, 5) is 14.3. The number of ether oxygens (including phenoxy) is 2. The average Bonchev–Trinajstić information content (AvgIpc) is 3.37. The Morgan fingerprint density at radius 2 is 1.96 bits per heavy atom. The first kappa shape index (κ1) is 17.2. The topological polar surface area (TPSA) is 101 Å². The van der Waals surface area contributed by atoms with E-state index in [1.807, 2.05) is 6.07 Å². The number of carbonyl (C=O) groups is 1. The van der Waals surface area contributed by atoms with Crippen LogP contribution in [0.3, 0.4) is 0 Å². The molecular formula is C18H22N6O3. The Balaban J connectivity index is 1.21. The third kappa shape index (κ3) is 4.30. The third-order valence-corrected chi connectivity index (χ3v) is 4.46. The standard InChI is InChI=1S/C18H22N6O3/c25-18(22-13-3-4-15-16(9-13)27-12-26-15)20-6-5-19-17-10-14(11-21-23-17)24-7-1-2-8-24/h3-4,9-11H,1-2,5-8,12H2,(H,19,23)(H2,20,22,25). The molecule has 2 amide bonds. The summed E-state index contributed by atoms with van der Waals surface area (Å²) in [5.41, 5.74) is 1.73. The number of benzene rings is 1. The molecular weight excluding hydrogens is 348 g/mol. The summed E-state index contributed by atoms with van der Waals surface area (Å²) in [6.07, 6.45) is 4.22. The van der Waals surface area contributed by atoms with Gasteiger partial charge in [0.05, 0.1) is 11.9 Å². The minimum Gasteiger partial charge on any atom is -0.454 e. The second-order valence-electron chi connectivity index (χ2n) is 6.37. The molecule has 3 heterocycles. The molecule has 1 aromatic carbocycles. The van der Waals surface area contributed by atoms with E-state index in [1.54, 1.807) is 24.4 Å². The number of hydrogen-bond donors (Lipinski definition) is 3. The van der Waals surface area contributed by atoms with Gasteiger partial charge in [-0.15, -0.1) is 5.10 Å². The Labute approximate surface area is 157 Å². The molecule has 0 spiro atoms. The first-order chi connectivity index (χ1) is 13.3. The minimum atomic E-state index is -0.285. The van der Waals surface area contributed by atoms with Gasteiger partial charge in [-0.2, -0.15) is 5.10 Å². The first-order valence-corrected chi connectivity index (χ1v) is 9.04. The van der Waals surface area contributed by atoms with Gasteiger partial charge in [0.2, 0.25) is 6.79 Å². The Morgan fingerprint density at radius 1 is 1.11 bits per heavy atom. The lowest BCUT2D eigenvalue weighted by atomic mass is 10.3. The van der Waals surface area contributed by atoms with Gasteiger partial charge in [-0.25, -0.2) is 4.79 Å². The number of fused-ring (bicyclic) bond motifs is 1. The normalized spacial score (nSPS) is 14.9. The zero-order chi connectivity index (χ0) is 18.5. The minimum absolute atomic E-state index is 0.207. The molecule has 0 saturated carbocycles. The molecule has 27 heavy (non-hydrogen) atoms. The molecule has 1 aromatic heterocycles. The molecule has 2 aliphatic rings. The fourth-order valence-electron chi connectivity index (χ4n) is 3.11. The molecule has 1 fully saturated rings. The molecule has 9 nitrogen and oxygen atoms in total. The highest BCUT2D eigenvalue weighted by atomic mass is 16.7. The van der Waals surface area contributed by atoms with Gasteiger partial charge in [0, 0.05) is 44.0 Å². The van der Waals surface area contributed by atoms with E-state index in [2.05, 4.69) is 31.0 Å². The molecule has 2 aromatic rings. The van der Waals surface area contributed by atoms with Crippen molar-refractivity contribution in [2.24, 2.45) is 0 Å². The highest BCUT2D eigenvalue weighted by molar-refractivity contribution is 5.89. The maximum atomic E-state index is 12.0. The number of nitrogens with one attached hydrogen (secondary N) is 3. The summed E-state index contributed by atoms with van der Waals surface area (Å²) >= 11 is 0. The van der Waals surface area contributed by atoms with Crippen molar-refractivity contribution >= 4 is 23.2 Å². The van der Waals surface area contributed by atoms with E-state index in [9.17, 15) is 4.79 Å². The van der Waals surface area contributed by atoms with Gasteiger partial charge >= 0.3 is 6.03 Å². The molecule has 3 N–H and O–H groups in total. The van der Waals surface area contributed by atoms with Crippen LogP contribution < -0.4 is 30.3 Å². The maximum absolute atomic E-state index is 12.0. The average molecular weight is 370 g/mol. The zero-order valence-electron chi connectivity index (χ0n) is 14.9. The summed E-state index contributed by atoms with van der Waals surface area (Å²) in [5, 5.41) is 16.9. The first-order valence-electron chi connectivity index (χ1n) is 9.04. The van der Waals surface area contributed by atoms with E-state index in [0.717, 1.165) is 18.8 Å². The Hall–Kier alpha value is -3.23. The van der Waals surface area contributed by atoms with Gasteiger partial charge in [-0.3, -0.25) is 0 Å². The van der Waals surface area contributed by atoms with Crippen molar-refractivity contribution in [3.63, 3.8) is 0 Å². The molecule has 9 heteroatoms. The van der Waals surface area contributed by atoms with Gasteiger partial charge < -0.3 is 30.3 Å². The van der Waals surface area contributed by atoms with Crippen molar-refractivity contribution in [1.29, 1.82) is 0 Å². The number of rotatable bonds is 6. The quantitative estimate of drug-likeness (QED) is 0.669. The van der Waals surface area contributed by atoms with E-state index in [4.69, 9.17) is 9.47 Å². The fraction of sp³-hybridized carbons (Fsp3) is 0.389. The lowest BCUT2D eigenvalue weighted by Gasteiger charge is -2.17. The number of anilines is 3. The van der Waals surface area contributed by atoms with Gasteiger partial charge in [0.1, 0.15) is 0 Å². The van der Waals surface area contributed by atoms with E-state index in [1.165, 1.54) is 12.8 Å². The second kappa shape index (κ2) is 7.98. The largest absolute Gasteiger partial charge is 0.454 e. The van der Waals surface area contributed by atoms with Crippen LogP contribution in [0.4, 0.5) is 22.0 Å². The number of urea groups is 1. The molecule has 2 aliphatic heterocycles. The van der Waals surface area contributed by atoms with Gasteiger partial charge in [0.15, 0.2) is 17.3 Å². The predicted octanol–water partition coefficient (Wildman–Crippen LogP) is 2.04. The van der Waals surface area contributed by atoms with E-state index in [-0.39, 0.29) is 12.8 Å². The highest BCUT2D eigenvalue weighted by Crippen LogP contribution is 2.34. The van der Waals surface area contributed by atoms with Crippen LogP contribution in [0.1, 0.15) is 12.8 Å². The fourth-order valence-corrected chi connectivity index (χ4v) is 3.11. The summed E-state index contributed by atoms with van der Waals surface area (Å²) in [6.45, 7) is 3.33. The Morgan fingerprint density at radius 3 is 2.85 bits per heavy atom. The van der Waals surface area contributed by atoms with Gasteiger partial charge in [-0.1, -0.05) is 0 Å². The van der Waals surface area contributed by atoms with Crippen molar-refractivity contribution in [1.82, 2.24) is 15.5 Å². The van der Waals surface area contributed by atoms with Gasteiger partial charge in [0.25, 0.3) is 0 Å². The van der Waals surface area contributed by atoms with Crippen LogP contribution in [0.5, 0.6) is 11.5 Å². The van der Waals surface area contributed by atoms with Gasteiger partial charge in [-0.05, 0) is 25.0 Å². The summed E-state index contributed by atoms with van der Waals surface area (Å²) in [5.74, 6) is 2.02. The van der Waals surface area contributed by atoms with E-state index >= 15 is 0 Å². The van der Waals surface area contributed by atoms with Crippen molar-refractivity contribution in [3.05, 3.63) is 30.5 Å². The van der Waals surface area contributed by atoms with E-state index < -0.39 is 0 Å². The monoisotopic (exact) mass is 370 g/mol. The molecule has 0 bridgehead atoms. The molecule has 0 atom stereocenters. The maximum Gasteiger partial charge on any atom is 0.319 e. The molecule has 4 rings (SSSR count). The van der Waals surface area contributed by atoms with Crippen LogP contribution in [0.25, 0.3) is 0 Å². The zero-order valence-corrected chi connectivity index (χ0v) is 14.9. The molecule has 142 valence electrons. The van der Waals surface area contributed by atoms with Crippen LogP contribution in [-0.2, 0) is 0 Å². The van der Waals surface area contributed by atoms with Crippen molar-refractivity contribution in [2.75, 3.05) is 48.5 Å². The molecule has 0 radical (unpaired) electrons. The molecule has 0 unspecified atom stereocenters.